The molecule has 0 radical (unpaired) electrons. The second-order valence-electron chi connectivity index (χ2n) is 5.32. The zero-order valence-corrected chi connectivity index (χ0v) is 11.8. The van der Waals surface area contributed by atoms with Gasteiger partial charge >= 0.3 is 0 Å². The Kier molecular flexibility index (Phi) is 4.26. The first-order chi connectivity index (χ1) is 9.52. The maximum atomic E-state index is 12.1. The minimum absolute atomic E-state index is 0.0607. The van der Waals surface area contributed by atoms with Gasteiger partial charge in [0.15, 0.2) is 6.61 Å². The van der Waals surface area contributed by atoms with E-state index in [9.17, 15) is 4.79 Å². The van der Waals surface area contributed by atoms with E-state index in [1.54, 1.807) is 29.2 Å². The largest absolute Gasteiger partial charge is 0.482 e. The van der Waals surface area contributed by atoms with Crippen LogP contribution in [0.15, 0.2) is 24.3 Å². The van der Waals surface area contributed by atoms with E-state index in [-0.39, 0.29) is 18.1 Å². The Bertz CT molecular complexity index is 534. The lowest BCUT2D eigenvalue weighted by molar-refractivity contribution is -0.147. The van der Waals surface area contributed by atoms with Gasteiger partial charge in [-0.05, 0) is 26.0 Å². The van der Waals surface area contributed by atoms with Gasteiger partial charge in [-0.3, -0.25) is 4.79 Å². The summed E-state index contributed by atoms with van der Waals surface area (Å²) in [6, 6.07) is 8.93. The van der Waals surface area contributed by atoms with Crippen molar-refractivity contribution < 1.29 is 14.3 Å². The highest BCUT2D eigenvalue weighted by molar-refractivity contribution is 5.78. The lowest BCUT2D eigenvalue weighted by Gasteiger charge is -2.38. The number of morpholine rings is 1. The molecule has 20 heavy (non-hydrogen) atoms. The number of nitriles is 1. The summed E-state index contributed by atoms with van der Waals surface area (Å²) in [6.45, 7) is 5.51. The van der Waals surface area contributed by atoms with Crippen molar-refractivity contribution in [2.45, 2.75) is 19.4 Å². The first-order valence-electron chi connectivity index (χ1n) is 6.55. The Labute approximate surface area is 118 Å². The van der Waals surface area contributed by atoms with Gasteiger partial charge in [0, 0.05) is 13.1 Å². The molecule has 1 amide bonds. The smallest absolute Gasteiger partial charge is 0.260 e. The van der Waals surface area contributed by atoms with Gasteiger partial charge in [-0.1, -0.05) is 12.1 Å². The Balaban J connectivity index is 1.94. The number of carbonyl (C=O) groups is 1. The molecule has 1 aliphatic heterocycles. The van der Waals surface area contributed by atoms with E-state index in [0.717, 1.165) is 0 Å². The Morgan fingerprint density at radius 3 is 2.95 bits per heavy atom. The third-order valence-corrected chi connectivity index (χ3v) is 3.14. The molecule has 0 atom stereocenters. The van der Waals surface area contributed by atoms with E-state index in [4.69, 9.17) is 14.7 Å². The van der Waals surface area contributed by atoms with Gasteiger partial charge in [0.1, 0.15) is 11.8 Å². The van der Waals surface area contributed by atoms with Crippen LogP contribution in [0.25, 0.3) is 0 Å². The van der Waals surface area contributed by atoms with Gasteiger partial charge in [-0.2, -0.15) is 5.26 Å². The molecule has 0 N–H and O–H groups in total. The summed E-state index contributed by atoms with van der Waals surface area (Å²) in [7, 11) is 0. The predicted octanol–water partition coefficient (Wildman–Crippen LogP) is 1.57. The first kappa shape index (κ1) is 14.4. The molecule has 1 aliphatic rings. The van der Waals surface area contributed by atoms with Crippen molar-refractivity contribution in [2.24, 2.45) is 0 Å². The lowest BCUT2D eigenvalue weighted by Crippen LogP contribution is -2.51. The van der Waals surface area contributed by atoms with Gasteiger partial charge in [0.05, 0.1) is 17.8 Å². The van der Waals surface area contributed by atoms with E-state index in [1.165, 1.54) is 0 Å². The summed E-state index contributed by atoms with van der Waals surface area (Å²) in [5.74, 6) is 0.352. The number of benzene rings is 1. The average Bonchev–Trinajstić information content (AvgIpc) is 2.44. The molecule has 106 valence electrons. The van der Waals surface area contributed by atoms with E-state index in [1.807, 2.05) is 19.9 Å². The summed E-state index contributed by atoms with van der Waals surface area (Å²) in [4.78, 5) is 13.9. The summed E-state index contributed by atoms with van der Waals surface area (Å²) < 4.78 is 11.0. The van der Waals surface area contributed by atoms with Gasteiger partial charge in [-0.25, -0.2) is 0 Å². The van der Waals surface area contributed by atoms with Crippen LogP contribution in [0.2, 0.25) is 0 Å². The molecule has 0 aliphatic carbocycles. The fourth-order valence-electron chi connectivity index (χ4n) is 2.14. The molecular weight excluding hydrogens is 256 g/mol. The summed E-state index contributed by atoms with van der Waals surface area (Å²) in [5, 5.41) is 8.96. The molecule has 1 aromatic carbocycles. The summed E-state index contributed by atoms with van der Waals surface area (Å²) in [6.07, 6.45) is 0. The van der Waals surface area contributed by atoms with E-state index < -0.39 is 0 Å². The maximum absolute atomic E-state index is 12.1. The van der Waals surface area contributed by atoms with Gasteiger partial charge in [0.25, 0.3) is 5.91 Å². The van der Waals surface area contributed by atoms with Crippen molar-refractivity contribution in [3.8, 4) is 11.8 Å². The molecule has 1 aromatic rings. The average molecular weight is 274 g/mol. The topological polar surface area (TPSA) is 62.6 Å². The van der Waals surface area contributed by atoms with Crippen molar-refractivity contribution in [1.29, 1.82) is 5.26 Å². The zero-order valence-electron chi connectivity index (χ0n) is 11.8. The van der Waals surface area contributed by atoms with Crippen molar-refractivity contribution >= 4 is 5.91 Å². The van der Waals surface area contributed by atoms with E-state index >= 15 is 0 Å². The maximum Gasteiger partial charge on any atom is 0.260 e. The molecule has 5 nitrogen and oxygen atoms in total. The minimum atomic E-state index is -0.321. The second-order valence-corrected chi connectivity index (χ2v) is 5.32. The highest BCUT2D eigenvalue weighted by Crippen LogP contribution is 2.18. The fraction of sp³-hybridized carbons (Fsp3) is 0.467. The molecule has 0 bridgehead atoms. The minimum Gasteiger partial charge on any atom is -0.482 e. The van der Waals surface area contributed by atoms with Crippen molar-refractivity contribution in [2.75, 3.05) is 26.3 Å². The van der Waals surface area contributed by atoms with E-state index in [0.29, 0.717) is 31.0 Å². The number of amides is 1. The first-order valence-corrected chi connectivity index (χ1v) is 6.55. The number of nitrogens with zero attached hydrogens (tertiary/aromatic N) is 2. The van der Waals surface area contributed by atoms with Crippen molar-refractivity contribution in [3.05, 3.63) is 29.8 Å². The molecule has 0 unspecified atom stereocenters. The van der Waals surface area contributed by atoms with Crippen molar-refractivity contribution in [1.82, 2.24) is 4.90 Å². The zero-order chi connectivity index (χ0) is 14.6. The van der Waals surface area contributed by atoms with E-state index in [2.05, 4.69) is 0 Å². The number of ether oxygens (including phenoxy) is 2. The number of hydrogen-bond donors (Lipinski definition) is 0. The molecule has 1 heterocycles. The predicted molar refractivity (Wildman–Crippen MR) is 73.3 cm³/mol. The number of carbonyl (C=O) groups excluding carboxylic acids is 1. The van der Waals surface area contributed by atoms with Crippen LogP contribution in [0, 0.1) is 11.3 Å². The van der Waals surface area contributed by atoms with Gasteiger partial charge < -0.3 is 14.4 Å². The number of rotatable bonds is 3. The monoisotopic (exact) mass is 274 g/mol. The quantitative estimate of drug-likeness (QED) is 0.839. The second kappa shape index (κ2) is 5.93. The van der Waals surface area contributed by atoms with Crippen LogP contribution in [-0.4, -0.2) is 42.7 Å². The molecule has 0 aromatic heterocycles. The molecule has 0 saturated carbocycles. The Morgan fingerprint density at radius 2 is 2.25 bits per heavy atom. The number of hydrogen-bond acceptors (Lipinski definition) is 4. The molecular formula is C15H18N2O3. The van der Waals surface area contributed by atoms with Crippen molar-refractivity contribution in [3.63, 3.8) is 0 Å². The molecule has 5 heteroatoms. The molecule has 1 fully saturated rings. The Morgan fingerprint density at radius 1 is 1.50 bits per heavy atom. The van der Waals surface area contributed by atoms with Gasteiger partial charge in [-0.15, -0.1) is 0 Å². The van der Waals surface area contributed by atoms with Crippen LogP contribution in [-0.2, 0) is 9.53 Å². The van der Waals surface area contributed by atoms with Crippen LogP contribution in [0.5, 0.6) is 5.75 Å². The fourth-order valence-corrected chi connectivity index (χ4v) is 2.14. The van der Waals surface area contributed by atoms with Crippen LogP contribution < -0.4 is 4.74 Å². The standard InChI is InChI=1S/C15H18N2O3/c1-15(2)11-17(7-8-20-15)14(18)10-19-13-6-4-3-5-12(13)9-16/h3-6H,7-8,10-11H2,1-2H3. The molecule has 1 saturated heterocycles. The molecule has 0 spiro atoms. The lowest BCUT2D eigenvalue weighted by atomic mass is 10.1. The summed E-state index contributed by atoms with van der Waals surface area (Å²) in [5.41, 5.74) is 0.112. The third-order valence-electron chi connectivity index (χ3n) is 3.14. The SMILES string of the molecule is CC1(C)CN(C(=O)COc2ccccc2C#N)CCO1. The molecule has 2 rings (SSSR count). The normalized spacial score (nSPS) is 17.4. The van der Waals surface area contributed by atoms with Gasteiger partial charge in [0.2, 0.25) is 0 Å². The van der Waals surface area contributed by atoms with Crippen LogP contribution in [0.4, 0.5) is 0 Å². The summed E-state index contributed by atoms with van der Waals surface area (Å²) >= 11 is 0. The highest BCUT2D eigenvalue weighted by Gasteiger charge is 2.30. The van der Waals surface area contributed by atoms with Crippen LogP contribution in [0.3, 0.4) is 0 Å². The third kappa shape index (κ3) is 3.49. The van der Waals surface area contributed by atoms with Crippen LogP contribution >= 0.6 is 0 Å². The number of para-hydroxylation sites is 1. The Hall–Kier alpha value is -2.06. The van der Waals surface area contributed by atoms with Crippen LogP contribution in [0.1, 0.15) is 19.4 Å². The highest BCUT2D eigenvalue weighted by atomic mass is 16.5.